The lowest BCUT2D eigenvalue weighted by Crippen LogP contribution is -2.48. The molecule has 1 saturated carbocycles. The van der Waals surface area contributed by atoms with Crippen molar-refractivity contribution in [3.8, 4) is 5.75 Å². The number of ketones is 1. The Morgan fingerprint density at radius 3 is 2.81 bits per heavy atom. The number of para-hydroxylation sites is 1. The number of thiazole rings is 1. The number of Topliss-reactive ketones (excluding diaryl/α,β-unsaturated/α-hetero) is 1. The van der Waals surface area contributed by atoms with Crippen molar-refractivity contribution in [3.63, 3.8) is 0 Å². The van der Waals surface area contributed by atoms with Crippen molar-refractivity contribution < 1.29 is 23.8 Å². The number of aromatic nitrogens is 1. The third-order valence-electron chi connectivity index (χ3n) is 6.30. The summed E-state index contributed by atoms with van der Waals surface area (Å²) in [7, 11) is 1.56. The molecule has 6 nitrogen and oxygen atoms in total. The topological polar surface area (TPSA) is 74.7 Å². The summed E-state index contributed by atoms with van der Waals surface area (Å²) in [5.41, 5.74) is 1.86. The van der Waals surface area contributed by atoms with E-state index in [4.69, 9.17) is 14.2 Å². The first kappa shape index (κ1) is 20.7. The van der Waals surface area contributed by atoms with Gasteiger partial charge in [-0.05, 0) is 43.2 Å². The summed E-state index contributed by atoms with van der Waals surface area (Å²) in [4.78, 5) is 30.6. The quantitative estimate of drug-likeness (QED) is 0.528. The summed E-state index contributed by atoms with van der Waals surface area (Å²) in [6.45, 7) is 1.98. The van der Waals surface area contributed by atoms with Gasteiger partial charge in [0.15, 0.2) is 5.78 Å². The molecule has 1 aromatic heterocycles. The van der Waals surface area contributed by atoms with Gasteiger partial charge in [0.2, 0.25) is 0 Å². The highest BCUT2D eigenvalue weighted by Crippen LogP contribution is 2.41. The van der Waals surface area contributed by atoms with E-state index >= 15 is 0 Å². The Labute approximate surface area is 189 Å². The fourth-order valence-corrected chi connectivity index (χ4v) is 5.49. The maximum atomic E-state index is 13.3. The van der Waals surface area contributed by atoms with E-state index in [1.165, 1.54) is 11.3 Å². The molecule has 4 unspecified atom stereocenters. The molecule has 0 amide bonds. The lowest BCUT2D eigenvalue weighted by Gasteiger charge is -2.41. The lowest BCUT2D eigenvalue weighted by atomic mass is 9.73. The molecule has 1 aliphatic heterocycles. The summed E-state index contributed by atoms with van der Waals surface area (Å²) in [6.07, 6.45) is 2.12. The van der Waals surface area contributed by atoms with E-state index in [1.807, 2.05) is 31.2 Å². The second-order valence-corrected chi connectivity index (χ2v) is 9.23. The summed E-state index contributed by atoms with van der Waals surface area (Å²) in [6, 6.07) is 14.7. The Balaban J connectivity index is 1.32. The first-order valence-corrected chi connectivity index (χ1v) is 11.5. The molecule has 7 heteroatoms. The van der Waals surface area contributed by atoms with Crippen molar-refractivity contribution in [2.45, 2.75) is 32.0 Å². The van der Waals surface area contributed by atoms with Crippen LogP contribution in [0.25, 0.3) is 15.8 Å². The minimum atomic E-state index is -0.396. The van der Waals surface area contributed by atoms with E-state index < -0.39 is 5.97 Å². The van der Waals surface area contributed by atoms with E-state index in [0.29, 0.717) is 34.7 Å². The molecular formula is C25H23NO5S. The molecular weight excluding hydrogens is 426 g/mol. The van der Waals surface area contributed by atoms with E-state index in [9.17, 15) is 9.59 Å². The van der Waals surface area contributed by atoms with E-state index in [2.05, 4.69) is 4.98 Å². The smallest absolute Gasteiger partial charge is 0.338 e. The predicted octanol–water partition coefficient (Wildman–Crippen LogP) is 4.89. The van der Waals surface area contributed by atoms with Gasteiger partial charge < -0.3 is 14.2 Å². The second kappa shape index (κ2) is 8.39. The molecule has 0 spiro atoms. The molecule has 3 aromatic rings. The first-order chi connectivity index (χ1) is 15.5. The van der Waals surface area contributed by atoms with Crippen LogP contribution in [0, 0.1) is 11.8 Å². The zero-order chi connectivity index (χ0) is 22.2. The standard InChI is InChI=1S/C25H23NO5S/c1-14-20(31-25(28)15-6-5-7-16(12-15)29-2)11-10-17-22(27)18(13-30-23(14)17)24-26-19-8-3-4-9-21(19)32-24/h3-9,12-14,17,20,23H,10-11H2,1-2H3. The van der Waals surface area contributed by atoms with E-state index in [1.54, 1.807) is 37.6 Å². The Morgan fingerprint density at radius 2 is 2.00 bits per heavy atom. The highest BCUT2D eigenvalue weighted by Gasteiger charge is 2.46. The van der Waals surface area contributed by atoms with Crippen molar-refractivity contribution in [1.82, 2.24) is 4.98 Å². The van der Waals surface area contributed by atoms with Crippen LogP contribution in [0.3, 0.4) is 0 Å². The number of carbonyl (C=O) groups excluding carboxylic acids is 2. The van der Waals surface area contributed by atoms with Gasteiger partial charge in [-0.25, -0.2) is 9.78 Å². The van der Waals surface area contributed by atoms with Gasteiger partial charge in [0.05, 0.1) is 40.6 Å². The lowest BCUT2D eigenvalue weighted by molar-refractivity contribution is -0.131. The Hall–Kier alpha value is -3.19. The van der Waals surface area contributed by atoms with Crippen LogP contribution in [0.5, 0.6) is 5.75 Å². The minimum Gasteiger partial charge on any atom is -0.497 e. The largest absolute Gasteiger partial charge is 0.497 e. The number of benzene rings is 2. The van der Waals surface area contributed by atoms with Crippen molar-refractivity contribution in [1.29, 1.82) is 0 Å². The Kier molecular flexibility index (Phi) is 5.43. The SMILES string of the molecule is COc1cccc(C(=O)OC2CCC3C(=O)C(c4nc5ccccc5s4)=COC3C2C)c1. The average molecular weight is 450 g/mol. The molecule has 1 fully saturated rings. The van der Waals surface area contributed by atoms with Gasteiger partial charge in [0, 0.05) is 5.92 Å². The predicted molar refractivity (Wildman–Crippen MR) is 122 cm³/mol. The molecule has 4 atom stereocenters. The minimum absolute atomic E-state index is 0.0599. The average Bonchev–Trinajstić information content (AvgIpc) is 3.25. The molecule has 2 heterocycles. The fraction of sp³-hybridized carbons (Fsp3) is 0.320. The van der Waals surface area contributed by atoms with Crippen LogP contribution < -0.4 is 4.74 Å². The highest BCUT2D eigenvalue weighted by atomic mass is 32.1. The number of ether oxygens (including phenoxy) is 3. The maximum absolute atomic E-state index is 13.3. The van der Waals surface area contributed by atoms with E-state index in [-0.39, 0.29) is 29.8 Å². The maximum Gasteiger partial charge on any atom is 0.338 e. The number of allylic oxidation sites excluding steroid dienone is 1. The van der Waals surface area contributed by atoms with Crippen LogP contribution in [0.2, 0.25) is 0 Å². The summed E-state index contributed by atoms with van der Waals surface area (Å²) >= 11 is 1.50. The molecule has 0 radical (unpaired) electrons. The summed E-state index contributed by atoms with van der Waals surface area (Å²) in [5, 5.41) is 0.689. The second-order valence-electron chi connectivity index (χ2n) is 8.20. The fourth-order valence-electron chi connectivity index (χ4n) is 4.52. The van der Waals surface area contributed by atoms with E-state index in [0.717, 1.165) is 10.2 Å². The summed E-state index contributed by atoms with van der Waals surface area (Å²) in [5.74, 6) is -0.106. The molecule has 2 aromatic carbocycles. The van der Waals surface area contributed by atoms with Gasteiger partial charge in [-0.2, -0.15) is 0 Å². The van der Waals surface area contributed by atoms with Gasteiger partial charge in [-0.3, -0.25) is 4.79 Å². The Morgan fingerprint density at radius 1 is 1.16 bits per heavy atom. The number of esters is 1. The van der Waals surface area contributed by atoms with Crippen LogP contribution in [0.4, 0.5) is 0 Å². The molecule has 0 saturated heterocycles. The van der Waals surface area contributed by atoms with Gasteiger partial charge in [-0.1, -0.05) is 25.1 Å². The van der Waals surface area contributed by atoms with Crippen molar-refractivity contribution >= 4 is 38.9 Å². The van der Waals surface area contributed by atoms with Gasteiger partial charge >= 0.3 is 5.97 Å². The first-order valence-electron chi connectivity index (χ1n) is 10.7. The van der Waals surface area contributed by atoms with Crippen LogP contribution >= 0.6 is 11.3 Å². The van der Waals surface area contributed by atoms with Crippen molar-refractivity contribution in [3.05, 3.63) is 65.4 Å². The molecule has 2 aliphatic rings. The van der Waals surface area contributed by atoms with Crippen LogP contribution in [-0.4, -0.2) is 36.1 Å². The number of rotatable bonds is 4. The monoisotopic (exact) mass is 449 g/mol. The number of hydrogen-bond donors (Lipinski definition) is 0. The normalized spacial score (nSPS) is 24.9. The third kappa shape index (κ3) is 3.66. The number of carbonyl (C=O) groups is 2. The molecule has 164 valence electrons. The molecule has 1 aliphatic carbocycles. The van der Waals surface area contributed by atoms with Crippen LogP contribution in [-0.2, 0) is 14.3 Å². The summed E-state index contributed by atoms with van der Waals surface area (Å²) < 4.78 is 18.1. The molecule has 0 N–H and O–H groups in total. The number of methoxy groups -OCH3 is 1. The van der Waals surface area contributed by atoms with Crippen LogP contribution in [0.15, 0.2) is 54.8 Å². The van der Waals surface area contributed by atoms with Crippen LogP contribution in [0.1, 0.15) is 35.1 Å². The molecule has 0 bridgehead atoms. The van der Waals surface area contributed by atoms with Crippen molar-refractivity contribution in [2.75, 3.05) is 7.11 Å². The number of hydrogen-bond acceptors (Lipinski definition) is 7. The zero-order valence-electron chi connectivity index (χ0n) is 17.8. The Bertz CT molecular complexity index is 1180. The molecule has 5 rings (SSSR count). The van der Waals surface area contributed by atoms with Gasteiger partial charge in [0.25, 0.3) is 0 Å². The highest BCUT2D eigenvalue weighted by molar-refractivity contribution is 7.19. The third-order valence-corrected chi connectivity index (χ3v) is 7.37. The zero-order valence-corrected chi connectivity index (χ0v) is 18.6. The number of fused-ring (bicyclic) bond motifs is 2. The number of nitrogens with zero attached hydrogens (tertiary/aromatic N) is 1. The van der Waals surface area contributed by atoms with Crippen molar-refractivity contribution in [2.24, 2.45) is 11.8 Å². The molecule has 32 heavy (non-hydrogen) atoms. The van der Waals surface area contributed by atoms with Gasteiger partial charge in [-0.15, -0.1) is 11.3 Å². The van der Waals surface area contributed by atoms with Gasteiger partial charge in [0.1, 0.15) is 23.0 Å².